The van der Waals surface area contributed by atoms with Crippen molar-refractivity contribution in [3.05, 3.63) is 83.4 Å². The number of rotatable bonds is 5. The number of urea groups is 1. The van der Waals surface area contributed by atoms with E-state index in [0.717, 1.165) is 11.1 Å². The van der Waals surface area contributed by atoms with Gasteiger partial charge < -0.3 is 10.0 Å². The molecule has 172 valence electrons. The Labute approximate surface area is 197 Å². The van der Waals surface area contributed by atoms with Gasteiger partial charge in [-0.1, -0.05) is 48.5 Å². The molecule has 8 heteroatoms. The molecule has 1 aromatic heterocycles. The molecule has 3 aromatic carbocycles. The van der Waals surface area contributed by atoms with E-state index in [9.17, 15) is 14.7 Å². The van der Waals surface area contributed by atoms with Crippen LogP contribution in [0.25, 0.3) is 16.7 Å². The van der Waals surface area contributed by atoms with Crippen molar-refractivity contribution in [2.75, 3.05) is 0 Å². The van der Waals surface area contributed by atoms with Gasteiger partial charge in [-0.05, 0) is 50.1 Å². The average molecular weight is 456 g/mol. The van der Waals surface area contributed by atoms with Crippen LogP contribution in [0.5, 0.6) is 5.75 Å². The molecule has 34 heavy (non-hydrogen) atoms. The Hall–Kier alpha value is -4.20. The Morgan fingerprint density at radius 2 is 1.50 bits per heavy atom. The lowest BCUT2D eigenvalue weighted by Crippen LogP contribution is -2.43. The summed E-state index contributed by atoms with van der Waals surface area (Å²) in [7, 11) is 0. The molecule has 0 atom stereocenters. The summed E-state index contributed by atoms with van der Waals surface area (Å²) in [5, 5.41) is 20.1. The number of phenolic OH excluding ortho intramolecular Hbond substituents is 1. The van der Waals surface area contributed by atoms with E-state index in [2.05, 4.69) is 10.2 Å². The number of aromatic nitrogens is 3. The number of carbonyl (C=O) groups excluding carboxylic acids is 2. The van der Waals surface area contributed by atoms with Crippen LogP contribution >= 0.6 is 0 Å². The van der Waals surface area contributed by atoms with Crippen LogP contribution in [0.15, 0.2) is 66.7 Å². The number of phenols is 1. The molecular formula is C26H25N5O3. The van der Waals surface area contributed by atoms with Crippen LogP contribution in [-0.4, -0.2) is 47.4 Å². The topological polar surface area (TPSA) is 91.6 Å². The number of amides is 3. The van der Waals surface area contributed by atoms with Crippen LogP contribution in [0, 0.1) is 6.92 Å². The SMILES string of the molecule is Cc1cc(CN2C(=O)N(Cc3ccccc3)C(=O)C2(C)C)c(O)c(-n2nc3ccccc3n2)c1. The molecule has 5 rings (SSSR count). The number of nitrogens with zero attached hydrogens (tertiary/aromatic N) is 5. The number of carbonyl (C=O) groups is 2. The van der Waals surface area contributed by atoms with Crippen LogP contribution in [0.4, 0.5) is 4.79 Å². The van der Waals surface area contributed by atoms with Gasteiger partial charge in [-0.3, -0.25) is 9.69 Å². The number of fused-ring (bicyclic) bond motifs is 1. The van der Waals surface area contributed by atoms with E-state index < -0.39 is 5.54 Å². The van der Waals surface area contributed by atoms with Crippen LogP contribution in [0.1, 0.15) is 30.5 Å². The maximum Gasteiger partial charge on any atom is 0.328 e. The number of imide groups is 1. The number of hydrogen-bond donors (Lipinski definition) is 1. The molecule has 0 radical (unpaired) electrons. The van der Waals surface area contributed by atoms with Crippen molar-refractivity contribution in [1.29, 1.82) is 0 Å². The van der Waals surface area contributed by atoms with E-state index in [1.54, 1.807) is 19.9 Å². The zero-order valence-corrected chi connectivity index (χ0v) is 19.3. The lowest BCUT2D eigenvalue weighted by molar-refractivity contribution is -0.132. The summed E-state index contributed by atoms with van der Waals surface area (Å²) in [4.78, 5) is 30.7. The van der Waals surface area contributed by atoms with E-state index in [1.165, 1.54) is 14.6 Å². The molecule has 8 nitrogen and oxygen atoms in total. The van der Waals surface area contributed by atoms with Crippen molar-refractivity contribution in [1.82, 2.24) is 24.8 Å². The second-order valence-electron chi connectivity index (χ2n) is 9.07. The van der Waals surface area contributed by atoms with Gasteiger partial charge in [-0.2, -0.15) is 0 Å². The second-order valence-corrected chi connectivity index (χ2v) is 9.07. The van der Waals surface area contributed by atoms with Crippen molar-refractivity contribution in [3.8, 4) is 11.4 Å². The fourth-order valence-corrected chi connectivity index (χ4v) is 4.33. The number of benzene rings is 3. The molecule has 1 N–H and O–H groups in total. The van der Waals surface area contributed by atoms with Crippen molar-refractivity contribution in [2.45, 2.75) is 39.4 Å². The molecule has 1 aliphatic rings. The molecular weight excluding hydrogens is 430 g/mol. The summed E-state index contributed by atoms with van der Waals surface area (Å²) in [5.41, 5.74) is 3.06. The molecule has 4 aromatic rings. The monoisotopic (exact) mass is 455 g/mol. The van der Waals surface area contributed by atoms with Gasteiger partial charge in [0.15, 0.2) is 0 Å². The van der Waals surface area contributed by atoms with Gasteiger partial charge in [0.05, 0.1) is 13.1 Å². The molecule has 2 heterocycles. The van der Waals surface area contributed by atoms with Gasteiger partial charge in [0.1, 0.15) is 28.0 Å². The number of hydrogen-bond acceptors (Lipinski definition) is 5. The van der Waals surface area contributed by atoms with E-state index in [4.69, 9.17) is 0 Å². The van der Waals surface area contributed by atoms with Crippen molar-refractivity contribution in [2.24, 2.45) is 0 Å². The summed E-state index contributed by atoms with van der Waals surface area (Å²) < 4.78 is 0. The first kappa shape index (κ1) is 21.6. The molecule has 3 amide bonds. The van der Waals surface area contributed by atoms with E-state index in [0.29, 0.717) is 22.3 Å². The third kappa shape index (κ3) is 3.57. The van der Waals surface area contributed by atoms with Crippen LogP contribution in [0.2, 0.25) is 0 Å². The Bertz CT molecular complexity index is 1380. The predicted molar refractivity (Wildman–Crippen MR) is 127 cm³/mol. The molecule has 0 aliphatic carbocycles. The second kappa shape index (κ2) is 7.98. The van der Waals surface area contributed by atoms with Crippen LogP contribution in [0.3, 0.4) is 0 Å². The Balaban J connectivity index is 1.49. The first-order valence-electron chi connectivity index (χ1n) is 11.1. The Morgan fingerprint density at radius 1 is 0.882 bits per heavy atom. The maximum atomic E-state index is 13.3. The molecule has 0 bridgehead atoms. The zero-order chi connectivity index (χ0) is 24.0. The van der Waals surface area contributed by atoms with E-state index in [-0.39, 0.29) is 30.8 Å². The molecule has 1 aliphatic heterocycles. The zero-order valence-electron chi connectivity index (χ0n) is 19.3. The van der Waals surface area contributed by atoms with Gasteiger partial charge in [0.2, 0.25) is 0 Å². The van der Waals surface area contributed by atoms with Crippen molar-refractivity contribution >= 4 is 23.0 Å². The summed E-state index contributed by atoms with van der Waals surface area (Å²) in [6.07, 6.45) is 0. The molecule has 1 saturated heterocycles. The molecule has 0 spiro atoms. The van der Waals surface area contributed by atoms with Gasteiger partial charge in [0, 0.05) is 5.56 Å². The summed E-state index contributed by atoms with van der Waals surface area (Å²) in [6, 6.07) is 20.1. The highest BCUT2D eigenvalue weighted by Crippen LogP contribution is 2.35. The fraction of sp³-hybridized carbons (Fsp3) is 0.231. The van der Waals surface area contributed by atoms with Crippen molar-refractivity contribution < 1.29 is 14.7 Å². The first-order valence-corrected chi connectivity index (χ1v) is 11.1. The predicted octanol–water partition coefficient (Wildman–Crippen LogP) is 4.18. The highest BCUT2D eigenvalue weighted by molar-refractivity contribution is 6.06. The summed E-state index contributed by atoms with van der Waals surface area (Å²) >= 11 is 0. The molecule has 1 fully saturated rings. The van der Waals surface area contributed by atoms with Crippen molar-refractivity contribution in [3.63, 3.8) is 0 Å². The van der Waals surface area contributed by atoms with Crippen LogP contribution < -0.4 is 0 Å². The minimum absolute atomic E-state index is 0.0246. The highest BCUT2D eigenvalue weighted by atomic mass is 16.3. The highest BCUT2D eigenvalue weighted by Gasteiger charge is 2.51. The summed E-state index contributed by atoms with van der Waals surface area (Å²) in [6.45, 7) is 5.64. The normalized spacial score (nSPS) is 15.5. The van der Waals surface area contributed by atoms with Gasteiger partial charge in [0.25, 0.3) is 5.91 Å². The Morgan fingerprint density at radius 3 is 2.15 bits per heavy atom. The quantitative estimate of drug-likeness (QED) is 0.456. The summed E-state index contributed by atoms with van der Waals surface area (Å²) in [5.74, 6) is -0.294. The van der Waals surface area contributed by atoms with Gasteiger partial charge in [-0.15, -0.1) is 15.0 Å². The van der Waals surface area contributed by atoms with E-state index in [1.807, 2.05) is 67.6 Å². The first-order chi connectivity index (χ1) is 16.3. The third-order valence-electron chi connectivity index (χ3n) is 6.23. The van der Waals surface area contributed by atoms with Crippen LogP contribution in [-0.2, 0) is 17.9 Å². The average Bonchev–Trinajstić information content (AvgIpc) is 3.32. The third-order valence-corrected chi connectivity index (χ3v) is 6.23. The van der Waals surface area contributed by atoms with Gasteiger partial charge in [-0.25, -0.2) is 4.79 Å². The number of aromatic hydroxyl groups is 1. The molecule has 0 saturated carbocycles. The number of aryl methyl sites for hydroxylation is 1. The minimum Gasteiger partial charge on any atom is -0.505 e. The van der Waals surface area contributed by atoms with Gasteiger partial charge >= 0.3 is 6.03 Å². The smallest absolute Gasteiger partial charge is 0.328 e. The Kier molecular flexibility index (Phi) is 5.08. The lowest BCUT2D eigenvalue weighted by atomic mass is 10.0. The molecule has 0 unspecified atom stereocenters. The largest absolute Gasteiger partial charge is 0.505 e. The lowest BCUT2D eigenvalue weighted by Gasteiger charge is -2.28. The standard InChI is InChI=1S/C26H25N5O3/c1-17-13-19(23(32)22(14-17)31-27-20-11-7-8-12-21(20)28-31)16-30-25(34)29(24(33)26(30,2)3)15-18-9-5-4-6-10-18/h4-14,32H,15-16H2,1-3H3. The fourth-order valence-electron chi connectivity index (χ4n) is 4.33. The maximum absolute atomic E-state index is 13.3. The van der Waals surface area contributed by atoms with E-state index >= 15 is 0 Å². The minimum atomic E-state index is -1.05.